The van der Waals surface area contributed by atoms with Crippen LogP contribution in [0.5, 0.6) is 0 Å². The number of nitrogens with one attached hydrogen (secondary N) is 1. The molecule has 5 heteroatoms. The summed E-state index contributed by atoms with van der Waals surface area (Å²) in [6.07, 6.45) is 0. The van der Waals surface area contributed by atoms with E-state index in [-0.39, 0.29) is 5.91 Å². The molecule has 0 aliphatic rings. The summed E-state index contributed by atoms with van der Waals surface area (Å²) in [5, 5.41) is 5.07. The van der Waals surface area contributed by atoms with E-state index in [0.717, 1.165) is 15.0 Å². The molecule has 0 atom stereocenters. The second kappa shape index (κ2) is 6.21. The van der Waals surface area contributed by atoms with Crippen LogP contribution in [0.1, 0.15) is 15.2 Å². The standard InChI is InChI=1S/C14H15BrN2OS/c1-16-13-6-4-3-5-12(13)14(18)17(2)8-11-7-10(15)9-19-11/h3-7,9,16H,8H2,1-2H3. The van der Waals surface area contributed by atoms with Crippen molar-refractivity contribution in [1.82, 2.24) is 4.90 Å². The first-order valence-electron chi connectivity index (χ1n) is 5.87. The highest BCUT2D eigenvalue weighted by atomic mass is 79.9. The molecule has 0 unspecified atom stereocenters. The minimum atomic E-state index is 0.0227. The monoisotopic (exact) mass is 338 g/mol. The average Bonchev–Trinajstić information content (AvgIpc) is 2.83. The highest BCUT2D eigenvalue weighted by molar-refractivity contribution is 9.10. The molecular weight excluding hydrogens is 324 g/mol. The number of hydrogen-bond donors (Lipinski definition) is 1. The van der Waals surface area contributed by atoms with Gasteiger partial charge in [-0.1, -0.05) is 12.1 Å². The van der Waals surface area contributed by atoms with Crippen LogP contribution in [-0.2, 0) is 6.54 Å². The number of para-hydroxylation sites is 1. The summed E-state index contributed by atoms with van der Waals surface area (Å²) in [4.78, 5) is 15.3. The van der Waals surface area contributed by atoms with Crippen molar-refractivity contribution < 1.29 is 4.79 Å². The molecule has 2 rings (SSSR count). The summed E-state index contributed by atoms with van der Waals surface area (Å²) in [6.45, 7) is 0.618. The molecule has 0 bridgehead atoms. The fraction of sp³-hybridized carbons (Fsp3) is 0.214. The molecule has 0 aliphatic carbocycles. The lowest BCUT2D eigenvalue weighted by Gasteiger charge is -2.18. The van der Waals surface area contributed by atoms with Crippen LogP contribution in [0.25, 0.3) is 0 Å². The smallest absolute Gasteiger partial charge is 0.256 e. The van der Waals surface area contributed by atoms with E-state index in [1.165, 1.54) is 0 Å². The number of rotatable bonds is 4. The molecule has 1 aromatic heterocycles. The number of halogens is 1. The van der Waals surface area contributed by atoms with Crippen molar-refractivity contribution >= 4 is 38.9 Å². The molecule has 3 nitrogen and oxygen atoms in total. The van der Waals surface area contributed by atoms with Crippen LogP contribution in [0, 0.1) is 0 Å². The predicted molar refractivity (Wildman–Crippen MR) is 83.8 cm³/mol. The lowest BCUT2D eigenvalue weighted by atomic mass is 10.1. The minimum Gasteiger partial charge on any atom is -0.387 e. The molecule has 0 saturated heterocycles. The largest absolute Gasteiger partial charge is 0.387 e. The molecule has 0 saturated carbocycles. The lowest BCUT2D eigenvalue weighted by molar-refractivity contribution is 0.0787. The number of carbonyl (C=O) groups is 1. The molecule has 100 valence electrons. The molecule has 0 fully saturated rings. The van der Waals surface area contributed by atoms with Crippen LogP contribution >= 0.6 is 27.3 Å². The number of benzene rings is 1. The van der Waals surface area contributed by atoms with Gasteiger partial charge in [0, 0.05) is 34.5 Å². The Hall–Kier alpha value is -1.33. The van der Waals surface area contributed by atoms with Gasteiger partial charge >= 0.3 is 0 Å². The van der Waals surface area contributed by atoms with E-state index >= 15 is 0 Å². The fourth-order valence-electron chi connectivity index (χ4n) is 1.84. The summed E-state index contributed by atoms with van der Waals surface area (Å²) >= 11 is 5.07. The number of nitrogens with zero attached hydrogens (tertiary/aromatic N) is 1. The van der Waals surface area contributed by atoms with Crippen LogP contribution in [0.3, 0.4) is 0 Å². The van der Waals surface area contributed by atoms with E-state index in [1.54, 1.807) is 16.2 Å². The summed E-state index contributed by atoms with van der Waals surface area (Å²) in [5.74, 6) is 0.0227. The van der Waals surface area contributed by atoms with E-state index in [0.29, 0.717) is 12.1 Å². The molecule has 0 aliphatic heterocycles. The second-order valence-corrected chi connectivity index (χ2v) is 6.10. The van der Waals surface area contributed by atoms with Crippen LogP contribution < -0.4 is 5.32 Å². The van der Waals surface area contributed by atoms with Gasteiger partial charge in [0.05, 0.1) is 12.1 Å². The Balaban J connectivity index is 2.14. The first-order valence-corrected chi connectivity index (χ1v) is 7.54. The van der Waals surface area contributed by atoms with Crippen molar-refractivity contribution in [3.63, 3.8) is 0 Å². The minimum absolute atomic E-state index is 0.0227. The van der Waals surface area contributed by atoms with E-state index in [4.69, 9.17) is 0 Å². The van der Waals surface area contributed by atoms with Gasteiger partial charge in [0.2, 0.25) is 0 Å². The number of anilines is 1. The Labute approximate surface area is 125 Å². The molecular formula is C14H15BrN2OS. The number of carbonyl (C=O) groups excluding carboxylic acids is 1. The average molecular weight is 339 g/mol. The summed E-state index contributed by atoms with van der Waals surface area (Å²) < 4.78 is 1.06. The predicted octanol–water partition coefficient (Wildman–Crippen LogP) is 3.82. The van der Waals surface area contributed by atoms with Crippen molar-refractivity contribution in [3.05, 3.63) is 50.6 Å². The maximum Gasteiger partial charge on any atom is 0.256 e. The Morgan fingerprint density at radius 3 is 2.79 bits per heavy atom. The third kappa shape index (κ3) is 3.36. The third-order valence-electron chi connectivity index (χ3n) is 2.79. The first-order chi connectivity index (χ1) is 9.11. The normalized spacial score (nSPS) is 10.3. The van der Waals surface area contributed by atoms with Crippen molar-refractivity contribution in [2.75, 3.05) is 19.4 Å². The molecule has 1 amide bonds. The van der Waals surface area contributed by atoms with E-state index in [1.807, 2.05) is 49.8 Å². The van der Waals surface area contributed by atoms with Gasteiger partial charge in [-0.3, -0.25) is 4.79 Å². The fourth-order valence-corrected chi connectivity index (χ4v) is 3.34. The molecule has 19 heavy (non-hydrogen) atoms. The Kier molecular flexibility index (Phi) is 4.61. The zero-order chi connectivity index (χ0) is 13.8. The SMILES string of the molecule is CNc1ccccc1C(=O)N(C)Cc1cc(Br)cs1. The molecule has 0 spiro atoms. The highest BCUT2D eigenvalue weighted by Crippen LogP contribution is 2.22. The molecule has 1 aromatic carbocycles. The van der Waals surface area contributed by atoms with E-state index < -0.39 is 0 Å². The maximum absolute atomic E-state index is 12.4. The van der Waals surface area contributed by atoms with Crippen molar-refractivity contribution in [2.24, 2.45) is 0 Å². The number of hydrogen-bond acceptors (Lipinski definition) is 3. The van der Waals surface area contributed by atoms with Gasteiger partial charge in [0.1, 0.15) is 0 Å². The first kappa shape index (κ1) is 14.1. The van der Waals surface area contributed by atoms with Crippen LogP contribution in [0.15, 0.2) is 40.2 Å². The van der Waals surface area contributed by atoms with Crippen molar-refractivity contribution in [2.45, 2.75) is 6.54 Å². The van der Waals surface area contributed by atoms with E-state index in [9.17, 15) is 4.79 Å². The zero-order valence-corrected chi connectivity index (χ0v) is 13.2. The Morgan fingerprint density at radius 2 is 2.16 bits per heavy atom. The highest BCUT2D eigenvalue weighted by Gasteiger charge is 2.15. The van der Waals surface area contributed by atoms with Gasteiger partial charge in [0.25, 0.3) is 5.91 Å². The molecule has 1 N–H and O–H groups in total. The lowest BCUT2D eigenvalue weighted by Crippen LogP contribution is -2.26. The van der Waals surface area contributed by atoms with Gasteiger partial charge in [-0.2, -0.15) is 0 Å². The third-order valence-corrected chi connectivity index (χ3v) is 4.47. The summed E-state index contributed by atoms with van der Waals surface area (Å²) in [7, 11) is 3.64. The van der Waals surface area contributed by atoms with Crippen LogP contribution in [0.2, 0.25) is 0 Å². The van der Waals surface area contributed by atoms with E-state index in [2.05, 4.69) is 21.2 Å². The topological polar surface area (TPSA) is 32.3 Å². The quantitative estimate of drug-likeness (QED) is 0.918. The van der Waals surface area contributed by atoms with Crippen molar-refractivity contribution in [1.29, 1.82) is 0 Å². The number of thiophene rings is 1. The van der Waals surface area contributed by atoms with Gasteiger partial charge in [0.15, 0.2) is 0 Å². The van der Waals surface area contributed by atoms with Gasteiger partial charge in [-0.25, -0.2) is 0 Å². The zero-order valence-electron chi connectivity index (χ0n) is 10.8. The van der Waals surface area contributed by atoms with Crippen LogP contribution in [-0.4, -0.2) is 24.9 Å². The van der Waals surface area contributed by atoms with Crippen molar-refractivity contribution in [3.8, 4) is 0 Å². The van der Waals surface area contributed by atoms with Gasteiger partial charge in [-0.15, -0.1) is 11.3 Å². The summed E-state index contributed by atoms with van der Waals surface area (Å²) in [6, 6.07) is 9.58. The molecule has 0 radical (unpaired) electrons. The number of amides is 1. The molecule has 2 aromatic rings. The Bertz CT molecular complexity index is 582. The maximum atomic E-state index is 12.4. The summed E-state index contributed by atoms with van der Waals surface area (Å²) in [5.41, 5.74) is 1.55. The van der Waals surface area contributed by atoms with Gasteiger partial charge in [-0.05, 0) is 34.1 Å². The molecule has 1 heterocycles. The Morgan fingerprint density at radius 1 is 1.42 bits per heavy atom. The van der Waals surface area contributed by atoms with Crippen LogP contribution in [0.4, 0.5) is 5.69 Å². The van der Waals surface area contributed by atoms with Gasteiger partial charge < -0.3 is 10.2 Å². The second-order valence-electron chi connectivity index (χ2n) is 4.19.